The number of carbonyl (C=O) groups is 1. The standard InChI is InChI=1S/C27H25N3O4/c1-19-16-30(18-28-19)22-9-11-23(12-10-22)34-17-21-5-3-4-6-24(21)29-27(32)14-8-20-7-13-26(33-2)25(31)15-20/h3-16,18,31H,17H2,1-2H3,(H,29,32)/b14-8+. The fourth-order valence-electron chi connectivity index (χ4n) is 3.36. The molecule has 0 aliphatic heterocycles. The van der Waals surface area contributed by atoms with Crippen molar-refractivity contribution in [3.63, 3.8) is 0 Å². The third-order valence-electron chi connectivity index (χ3n) is 5.15. The molecule has 3 aromatic carbocycles. The molecule has 0 saturated heterocycles. The van der Waals surface area contributed by atoms with Crippen LogP contribution < -0.4 is 14.8 Å². The first kappa shape index (κ1) is 22.7. The Morgan fingerprint density at radius 3 is 2.62 bits per heavy atom. The number of phenols is 1. The molecular formula is C27H25N3O4. The van der Waals surface area contributed by atoms with Gasteiger partial charge in [-0.2, -0.15) is 0 Å². The van der Waals surface area contributed by atoms with Gasteiger partial charge in [-0.05, 0) is 61.0 Å². The molecule has 0 fully saturated rings. The van der Waals surface area contributed by atoms with Crippen LogP contribution in [0.25, 0.3) is 11.8 Å². The molecule has 0 radical (unpaired) electrons. The van der Waals surface area contributed by atoms with Gasteiger partial charge < -0.3 is 24.5 Å². The number of nitrogens with one attached hydrogen (secondary N) is 1. The fraction of sp³-hybridized carbons (Fsp3) is 0.111. The topological polar surface area (TPSA) is 85.6 Å². The van der Waals surface area contributed by atoms with E-state index < -0.39 is 0 Å². The lowest BCUT2D eigenvalue weighted by Gasteiger charge is -2.12. The molecule has 0 bridgehead atoms. The Kier molecular flexibility index (Phi) is 6.93. The Bertz CT molecular complexity index is 1310. The first-order valence-electron chi connectivity index (χ1n) is 10.7. The van der Waals surface area contributed by atoms with Gasteiger partial charge in [-0.25, -0.2) is 4.98 Å². The Morgan fingerprint density at radius 2 is 1.91 bits per heavy atom. The average Bonchev–Trinajstić information content (AvgIpc) is 3.29. The van der Waals surface area contributed by atoms with E-state index in [-0.39, 0.29) is 11.7 Å². The number of hydrogen-bond acceptors (Lipinski definition) is 5. The number of aryl methyl sites for hydroxylation is 1. The minimum absolute atomic E-state index is 0.0146. The summed E-state index contributed by atoms with van der Waals surface area (Å²) in [6.45, 7) is 2.25. The number of para-hydroxylation sites is 1. The van der Waals surface area contributed by atoms with Crippen molar-refractivity contribution in [3.8, 4) is 22.9 Å². The molecule has 172 valence electrons. The smallest absolute Gasteiger partial charge is 0.248 e. The lowest BCUT2D eigenvalue weighted by Crippen LogP contribution is -2.10. The van der Waals surface area contributed by atoms with Gasteiger partial charge in [0, 0.05) is 29.2 Å². The quantitative estimate of drug-likeness (QED) is 0.360. The number of aromatic nitrogens is 2. The van der Waals surface area contributed by atoms with Gasteiger partial charge >= 0.3 is 0 Å². The Labute approximate surface area is 197 Å². The summed E-state index contributed by atoms with van der Waals surface area (Å²) in [5.74, 6) is 0.825. The fourth-order valence-corrected chi connectivity index (χ4v) is 3.36. The van der Waals surface area contributed by atoms with E-state index in [9.17, 15) is 9.90 Å². The molecule has 0 spiro atoms. The lowest BCUT2D eigenvalue weighted by molar-refractivity contribution is -0.111. The number of phenolic OH excluding ortho intramolecular Hbond substituents is 1. The number of hydrogen-bond donors (Lipinski definition) is 2. The maximum atomic E-state index is 12.5. The van der Waals surface area contributed by atoms with E-state index in [1.165, 1.54) is 19.3 Å². The van der Waals surface area contributed by atoms with Crippen molar-refractivity contribution in [2.45, 2.75) is 13.5 Å². The van der Waals surface area contributed by atoms with Gasteiger partial charge in [-0.3, -0.25) is 4.79 Å². The molecule has 34 heavy (non-hydrogen) atoms. The number of nitrogens with zero attached hydrogens (tertiary/aromatic N) is 2. The number of imidazole rings is 1. The number of amides is 1. The third-order valence-corrected chi connectivity index (χ3v) is 5.15. The largest absolute Gasteiger partial charge is 0.504 e. The number of methoxy groups -OCH3 is 1. The van der Waals surface area contributed by atoms with Crippen molar-refractivity contribution >= 4 is 17.7 Å². The van der Waals surface area contributed by atoms with E-state index in [0.717, 1.165) is 22.7 Å². The maximum Gasteiger partial charge on any atom is 0.248 e. The molecule has 4 aromatic rings. The highest BCUT2D eigenvalue weighted by Crippen LogP contribution is 2.27. The van der Waals surface area contributed by atoms with Gasteiger partial charge in [0.25, 0.3) is 0 Å². The molecule has 7 heteroatoms. The number of rotatable bonds is 8. The number of aromatic hydroxyl groups is 1. The summed E-state index contributed by atoms with van der Waals surface area (Å²) in [6.07, 6.45) is 6.77. The summed E-state index contributed by atoms with van der Waals surface area (Å²) >= 11 is 0. The zero-order valence-corrected chi connectivity index (χ0v) is 18.9. The van der Waals surface area contributed by atoms with Crippen LogP contribution in [0.5, 0.6) is 17.2 Å². The van der Waals surface area contributed by atoms with Crippen LogP contribution in [-0.2, 0) is 11.4 Å². The predicted octanol–water partition coefficient (Wildman–Crippen LogP) is 5.13. The van der Waals surface area contributed by atoms with Gasteiger partial charge in [0.15, 0.2) is 11.5 Å². The second-order valence-electron chi connectivity index (χ2n) is 7.62. The summed E-state index contributed by atoms with van der Waals surface area (Å²) in [7, 11) is 1.48. The molecular weight excluding hydrogens is 430 g/mol. The van der Waals surface area contributed by atoms with Crippen LogP contribution in [0, 0.1) is 6.92 Å². The van der Waals surface area contributed by atoms with E-state index >= 15 is 0 Å². The summed E-state index contributed by atoms with van der Waals surface area (Å²) in [4.78, 5) is 16.7. The van der Waals surface area contributed by atoms with Crippen LogP contribution >= 0.6 is 0 Å². The Morgan fingerprint density at radius 1 is 1.12 bits per heavy atom. The van der Waals surface area contributed by atoms with Crippen LogP contribution in [-0.4, -0.2) is 27.7 Å². The second-order valence-corrected chi connectivity index (χ2v) is 7.62. The highest BCUT2D eigenvalue weighted by atomic mass is 16.5. The Hall–Kier alpha value is -4.52. The zero-order chi connectivity index (χ0) is 23.9. The minimum atomic E-state index is -0.289. The van der Waals surface area contributed by atoms with Crippen molar-refractivity contribution in [1.82, 2.24) is 9.55 Å². The molecule has 1 aromatic heterocycles. The third kappa shape index (κ3) is 5.63. The summed E-state index contributed by atoms with van der Waals surface area (Å²) in [6, 6.07) is 20.1. The molecule has 1 heterocycles. The van der Waals surface area contributed by atoms with Crippen LogP contribution in [0.4, 0.5) is 5.69 Å². The van der Waals surface area contributed by atoms with Crippen molar-refractivity contribution in [2.75, 3.05) is 12.4 Å². The maximum absolute atomic E-state index is 12.5. The van der Waals surface area contributed by atoms with Crippen molar-refractivity contribution in [2.24, 2.45) is 0 Å². The highest BCUT2D eigenvalue weighted by Gasteiger charge is 2.07. The van der Waals surface area contributed by atoms with Gasteiger partial charge in [-0.1, -0.05) is 24.3 Å². The van der Waals surface area contributed by atoms with Crippen LogP contribution in [0.15, 0.2) is 85.3 Å². The summed E-state index contributed by atoms with van der Waals surface area (Å²) in [5.41, 5.74) is 4.15. The first-order chi connectivity index (χ1) is 16.5. The lowest BCUT2D eigenvalue weighted by atomic mass is 10.1. The molecule has 0 aliphatic carbocycles. The number of benzene rings is 3. The van der Waals surface area contributed by atoms with Crippen LogP contribution in [0.3, 0.4) is 0 Å². The van der Waals surface area contributed by atoms with Crippen LogP contribution in [0.1, 0.15) is 16.8 Å². The van der Waals surface area contributed by atoms with Gasteiger partial charge in [0.05, 0.1) is 19.1 Å². The minimum Gasteiger partial charge on any atom is -0.504 e. The average molecular weight is 456 g/mol. The molecule has 0 aliphatic rings. The molecule has 1 amide bonds. The van der Waals surface area contributed by atoms with E-state index in [1.54, 1.807) is 24.5 Å². The van der Waals surface area contributed by atoms with E-state index in [1.807, 2.05) is 66.2 Å². The van der Waals surface area contributed by atoms with Gasteiger partial charge in [0.2, 0.25) is 5.91 Å². The monoisotopic (exact) mass is 455 g/mol. The van der Waals surface area contributed by atoms with Gasteiger partial charge in [0.1, 0.15) is 12.4 Å². The SMILES string of the molecule is COc1ccc(/C=C/C(=O)Nc2ccccc2COc2ccc(-n3cnc(C)c3)cc2)cc1O. The second kappa shape index (κ2) is 10.4. The van der Waals surface area contributed by atoms with Gasteiger partial charge in [-0.15, -0.1) is 0 Å². The Balaban J connectivity index is 1.38. The van der Waals surface area contributed by atoms with Crippen molar-refractivity contribution < 1.29 is 19.4 Å². The number of anilines is 1. The van der Waals surface area contributed by atoms with Crippen molar-refractivity contribution in [1.29, 1.82) is 0 Å². The van der Waals surface area contributed by atoms with Crippen LogP contribution in [0.2, 0.25) is 0 Å². The summed E-state index contributed by atoms with van der Waals surface area (Å²) in [5, 5.41) is 12.8. The number of ether oxygens (including phenoxy) is 2. The molecule has 0 atom stereocenters. The van der Waals surface area contributed by atoms with E-state index in [2.05, 4.69) is 10.3 Å². The highest BCUT2D eigenvalue weighted by molar-refractivity contribution is 6.02. The van der Waals surface area contributed by atoms with E-state index in [0.29, 0.717) is 23.6 Å². The zero-order valence-electron chi connectivity index (χ0n) is 18.9. The number of carbonyl (C=O) groups excluding carboxylic acids is 1. The van der Waals surface area contributed by atoms with E-state index in [4.69, 9.17) is 9.47 Å². The first-order valence-corrected chi connectivity index (χ1v) is 10.7. The molecule has 0 unspecified atom stereocenters. The summed E-state index contributed by atoms with van der Waals surface area (Å²) < 4.78 is 12.9. The predicted molar refractivity (Wildman–Crippen MR) is 131 cm³/mol. The molecule has 2 N–H and O–H groups in total. The molecule has 4 rings (SSSR count). The normalized spacial score (nSPS) is 10.9. The molecule has 0 saturated carbocycles. The van der Waals surface area contributed by atoms with Crippen molar-refractivity contribution in [3.05, 3.63) is 102 Å². The molecule has 7 nitrogen and oxygen atoms in total.